The van der Waals surface area contributed by atoms with E-state index >= 15 is 0 Å². The molecule has 23 heavy (non-hydrogen) atoms. The maximum Gasteiger partial charge on any atom is 0.269 e. The molecule has 2 amide bonds. The zero-order chi connectivity index (χ0) is 16.9. The van der Waals surface area contributed by atoms with E-state index in [9.17, 15) is 18.0 Å². The molecule has 0 spiro atoms. The van der Waals surface area contributed by atoms with Crippen molar-refractivity contribution in [3.63, 3.8) is 0 Å². The van der Waals surface area contributed by atoms with E-state index in [4.69, 9.17) is 0 Å². The number of carbonyl (C=O) groups is 2. The Bertz CT molecular complexity index is 802. The Labute approximate surface area is 133 Å². The highest BCUT2D eigenvalue weighted by molar-refractivity contribution is 7.89. The SMILES string of the molecule is CNC(=O)c1ccc(C(=O)NS(=O)(=O)Cc2ccccc2)cn1. The van der Waals surface area contributed by atoms with Crippen LogP contribution in [-0.4, -0.2) is 32.3 Å². The first-order valence-corrected chi connectivity index (χ1v) is 8.33. The molecule has 0 atom stereocenters. The third-order valence-corrected chi connectivity index (χ3v) is 4.14. The Kier molecular flexibility index (Phi) is 5.07. The van der Waals surface area contributed by atoms with Crippen molar-refractivity contribution in [1.29, 1.82) is 0 Å². The molecule has 1 aromatic heterocycles. The monoisotopic (exact) mass is 333 g/mol. The summed E-state index contributed by atoms with van der Waals surface area (Å²) in [5.41, 5.74) is 0.756. The van der Waals surface area contributed by atoms with Gasteiger partial charge in [-0.2, -0.15) is 0 Å². The van der Waals surface area contributed by atoms with Crippen molar-refractivity contribution in [1.82, 2.24) is 15.0 Å². The van der Waals surface area contributed by atoms with Crippen molar-refractivity contribution in [2.45, 2.75) is 5.75 Å². The number of pyridine rings is 1. The van der Waals surface area contributed by atoms with E-state index in [2.05, 4.69) is 10.3 Å². The minimum atomic E-state index is -3.82. The standard InChI is InChI=1S/C15H15N3O4S/c1-16-15(20)13-8-7-12(9-17-13)14(19)18-23(21,22)10-11-5-3-2-4-6-11/h2-9H,10H2,1H3,(H,16,20)(H,18,19). The first kappa shape index (κ1) is 16.6. The normalized spacial score (nSPS) is 10.8. The maximum absolute atomic E-state index is 12.0. The number of hydrogen-bond acceptors (Lipinski definition) is 5. The quantitative estimate of drug-likeness (QED) is 0.838. The minimum absolute atomic E-state index is 0.0503. The first-order valence-electron chi connectivity index (χ1n) is 6.68. The molecule has 1 heterocycles. The number of amides is 2. The molecule has 7 nitrogen and oxygen atoms in total. The van der Waals surface area contributed by atoms with Gasteiger partial charge in [0, 0.05) is 13.2 Å². The minimum Gasteiger partial charge on any atom is -0.354 e. The zero-order valence-corrected chi connectivity index (χ0v) is 13.1. The molecular formula is C15H15N3O4S. The number of hydrogen-bond donors (Lipinski definition) is 2. The second-order valence-electron chi connectivity index (χ2n) is 4.69. The highest BCUT2D eigenvalue weighted by atomic mass is 32.2. The van der Waals surface area contributed by atoms with E-state index in [-0.39, 0.29) is 17.0 Å². The Balaban J connectivity index is 2.07. The van der Waals surface area contributed by atoms with Crippen LogP contribution in [0.3, 0.4) is 0 Å². The van der Waals surface area contributed by atoms with Crippen LogP contribution < -0.4 is 10.0 Å². The molecule has 0 aliphatic rings. The second-order valence-corrected chi connectivity index (χ2v) is 6.41. The molecule has 0 bridgehead atoms. The van der Waals surface area contributed by atoms with Gasteiger partial charge < -0.3 is 5.32 Å². The lowest BCUT2D eigenvalue weighted by Crippen LogP contribution is -2.31. The number of nitrogens with one attached hydrogen (secondary N) is 2. The van der Waals surface area contributed by atoms with Crippen molar-refractivity contribution in [3.05, 3.63) is 65.5 Å². The van der Waals surface area contributed by atoms with Crippen LogP contribution in [0.5, 0.6) is 0 Å². The number of rotatable bonds is 5. The summed E-state index contributed by atoms with van der Waals surface area (Å²) in [6.07, 6.45) is 1.15. The summed E-state index contributed by atoms with van der Waals surface area (Å²) < 4.78 is 26.0. The summed E-state index contributed by atoms with van der Waals surface area (Å²) in [4.78, 5) is 27.1. The number of benzene rings is 1. The number of sulfonamides is 1. The predicted molar refractivity (Wildman–Crippen MR) is 84.2 cm³/mol. The van der Waals surface area contributed by atoms with Gasteiger partial charge in [-0.3, -0.25) is 14.6 Å². The average molecular weight is 333 g/mol. The molecule has 2 aromatic rings. The molecule has 0 radical (unpaired) electrons. The molecule has 0 unspecified atom stereocenters. The van der Waals surface area contributed by atoms with Gasteiger partial charge in [0.15, 0.2) is 0 Å². The lowest BCUT2D eigenvalue weighted by Gasteiger charge is -2.07. The van der Waals surface area contributed by atoms with Gasteiger partial charge in [-0.25, -0.2) is 13.1 Å². The summed E-state index contributed by atoms with van der Waals surface area (Å²) in [6.45, 7) is 0. The van der Waals surface area contributed by atoms with E-state index in [1.807, 2.05) is 4.72 Å². The Hall–Kier alpha value is -2.74. The maximum atomic E-state index is 12.0. The summed E-state index contributed by atoms with van der Waals surface area (Å²) >= 11 is 0. The molecule has 8 heteroatoms. The van der Waals surface area contributed by atoms with Gasteiger partial charge in [0.1, 0.15) is 5.69 Å². The summed E-state index contributed by atoms with van der Waals surface area (Å²) in [5.74, 6) is -1.49. The predicted octanol–water partition coefficient (Wildman–Crippen LogP) is 0.701. The van der Waals surface area contributed by atoms with E-state index in [0.29, 0.717) is 5.56 Å². The molecular weight excluding hydrogens is 318 g/mol. The summed E-state index contributed by atoms with van der Waals surface area (Å²) in [6, 6.07) is 11.2. The molecule has 0 saturated heterocycles. The fourth-order valence-electron chi connectivity index (χ4n) is 1.82. The molecule has 2 rings (SSSR count). The first-order chi connectivity index (χ1) is 10.9. The van der Waals surface area contributed by atoms with Gasteiger partial charge >= 0.3 is 0 Å². The number of carbonyl (C=O) groups excluding carboxylic acids is 2. The van der Waals surface area contributed by atoms with Crippen molar-refractivity contribution in [2.24, 2.45) is 0 Å². The van der Waals surface area contributed by atoms with E-state index in [1.54, 1.807) is 30.3 Å². The lowest BCUT2D eigenvalue weighted by atomic mass is 10.2. The second kappa shape index (κ2) is 7.01. The van der Waals surface area contributed by atoms with Crippen molar-refractivity contribution in [2.75, 3.05) is 7.05 Å². The third-order valence-electron chi connectivity index (χ3n) is 2.93. The van der Waals surface area contributed by atoms with E-state index < -0.39 is 21.8 Å². The third kappa shape index (κ3) is 4.62. The van der Waals surface area contributed by atoms with Gasteiger partial charge in [0.05, 0.1) is 11.3 Å². The molecule has 0 aliphatic heterocycles. The zero-order valence-electron chi connectivity index (χ0n) is 12.3. The fraction of sp³-hybridized carbons (Fsp3) is 0.133. The van der Waals surface area contributed by atoms with Crippen LogP contribution in [0.4, 0.5) is 0 Å². The van der Waals surface area contributed by atoms with Crippen LogP contribution in [-0.2, 0) is 15.8 Å². The van der Waals surface area contributed by atoms with Gasteiger partial charge in [-0.1, -0.05) is 30.3 Å². The largest absolute Gasteiger partial charge is 0.354 e. The lowest BCUT2D eigenvalue weighted by molar-refractivity contribution is 0.0952. The Morgan fingerprint density at radius 1 is 1.04 bits per heavy atom. The van der Waals surface area contributed by atoms with Crippen LogP contribution in [0.25, 0.3) is 0 Å². The van der Waals surface area contributed by atoms with Gasteiger partial charge in [0.25, 0.3) is 11.8 Å². The Morgan fingerprint density at radius 3 is 2.30 bits per heavy atom. The van der Waals surface area contributed by atoms with Crippen molar-refractivity contribution < 1.29 is 18.0 Å². The van der Waals surface area contributed by atoms with Crippen LogP contribution in [0.2, 0.25) is 0 Å². The van der Waals surface area contributed by atoms with Gasteiger partial charge in [-0.15, -0.1) is 0 Å². The van der Waals surface area contributed by atoms with E-state index in [0.717, 1.165) is 6.20 Å². The Morgan fingerprint density at radius 2 is 1.74 bits per heavy atom. The molecule has 120 valence electrons. The molecule has 0 aliphatic carbocycles. The van der Waals surface area contributed by atoms with Crippen LogP contribution >= 0.6 is 0 Å². The molecule has 0 fully saturated rings. The van der Waals surface area contributed by atoms with Crippen LogP contribution in [0, 0.1) is 0 Å². The number of nitrogens with zero attached hydrogens (tertiary/aromatic N) is 1. The van der Waals surface area contributed by atoms with Crippen molar-refractivity contribution in [3.8, 4) is 0 Å². The molecule has 0 saturated carbocycles. The topological polar surface area (TPSA) is 105 Å². The van der Waals surface area contributed by atoms with Crippen molar-refractivity contribution >= 4 is 21.8 Å². The summed E-state index contributed by atoms with van der Waals surface area (Å²) in [5, 5.41) is 2.40. The highest BCUT2D eigenvalue weighted by Crippen LogP contribution is 2.06. The average Bonchev–Trinajstić information content (AvgIpc) is 2.54. The number of aromatic nitrogens is 1. The van der Waals surface area contributed by atoms with Crippen LogP contribution in [0.1, 0.15) is 26.4 Å². The fourth-order valence-corrected chi connectivity index (χ4v) is 2.92. The van der Waals surface area contributed by atoms with Gasteiger partial charge in [0.2, 0.25) is 10.0 Å². The van der Waals surface area contributed by atoms with Crippen LogP contribution in [0.15, 0.2) is 48.7 Å². The van der Waals surface area contributed by atoms with Gasteiger partial charge in [-0.05, 0) is 17.7 Å². The smallest absolute Gasteiger partial charge is 0.269 e. The van der Waals surface area contributed by atoms with E-state index in [1.165, 1.54) is 19.2 Å². The molecule has 1 aromatic carbocycles. The summed E-state index contributed by atoms with van der Waals surface area (Å²) in [7, 11) is -2.36. The highest BCUT2D eigenvalue weighted by Gasteiger charge is 2.17. The molecule has 2 N–H and O–H groups in total.